The van der Waals surface area contributed by atoms with E-state index in [9.17, 15) is 0 Å². The van der Waals surface area contributed by atoms with Crippen LogP contribution in [0.4, 0.5) is 0 Å². The summed E-state index contributed by atoms with van der Waals surface area (Å²) in [7, 11) is 1.68. The van der Waals surface area contributed by atoms with E-state index in [2.05, 4.69) is 24.0 Å². The number of hydrogen-bond donors (Lipinski definition) is 1. The number of aromatic nitrogens is 2. The van der Waals surface area contributed by atoms with E-state index in [4.69, 9.17) is 15.0 Å². The van der Waals surface area contributed by atoms with Crippen LogP contribution in [0.3, 0.4) is 0 Å². The minimum Gasteiger partial charge on any atom is -0.370 e. The number of nitrogens with zero attached hydrogens (tertiary/aromatic N) is 2. The first-order valence-electron chi connectivity index (χ1n) is 7.35. The summed E-state index contributed by atoms with van der Waals surface area (Å²) in [5.74, 6) is 1.05. The number of hydrogen-bond acceptors (Lipinski definition) is 5. The molecule has 1 atom stereocenters. The molecule has 2 rings (SSSR count). The van der Waals surface area contributed by atoms with Gasteiger partial charge in [0, 0.05) is 13.7 Å². The molecule has 0 radical (unpaired) electrons. The van der Waals surface area contributed by atoms with Gasteiger partial charge in [0.15, 0.2) is 0 Å². The van der Waals surface area contributed by atoms with Crippen LogP contribution >= 0.6 is 0 Å². The predicted octanol–water partition coefficient (Wildman–Crippen LogP) is 2.82. The maximum Gasteiger partial charge on any atom is 0.235 e. The molecule has 0 spiro atoms. The zero-order valence-corrected chi connectivity index (χ0v) is 12.9. The van der Waals surface area contributed by atoms with Crippen molar-refractivity contribution in [3.63, 3.8) is 0 Å². The Kier molecular flexibility index (Phi) is 5.09. The smallest absolute Gasteiger partial charge is 0.235 e. The van der Waals surface area contributed by atoms with Gasteiger partial charge < -0.3 is 15.0 Å². The van der Waals surface area contributed by atoms with Crippen LogP contribution in [0.1, 0.15) is 49.9 Å². The van der Waals surface area contributed by atoms with Gasteiger partial charge in [-0.15, -0.1) is 0 Å². The minimum atomic E-state index is -0.489. The standard InChI is InChI=1S/C16H23N3O2/c1-4-16(5-2,20-3)15-18-14(21-19-15)13(11-17)12-9-7-6-8-10-12/h6-10,13H,4-5,11,17H2,1-3H3. The van der Waals surface area contributed by atoms with E-state index in [-0.39, 0.29) is 5.92 Å². The third-order valence-electron chi connectivity index (χ3n) is 4.12. The van der Waals surface area contributed by atoms with Crippen LogP contribution in [0.15, 0.2) is 34.9 Å². The molecule has 0 aliphatic rings. The summed E-state index contributed by atoms with van der Waals surface area (Å²) >= 11 is 0. The molecule has 0 aliphatic carbocycles. The van der Waals surface area contributed by atoms with Crippen molar-refractivity contribution in [2.24, 2.45) is 5.73 Å². The highest BCUT2D eigenvalue weighted by atomic mass is 16.5. The van der Waals surface area contributed by atoms with Crippen LogP contribution in [0, 0.1) is 0 Å². The zero-order chi connectivity index (χ0) is 15.3. The quantitative estimate of drug-likeness (QED) is 0.848. The van der Waals surface area contributed by atoms with Gasteiger partial charge in [0.25, 0.3) is 0 Å². The molecule has 21 heavy (non-hydrogen) atoms. The van der Waals surface area contributed by atoms with Crippen molar-refractivity contribution in [1.82, 2.24) is 10.1 Å². The van der Waals surface area contributed by atoms with E-state index in [0.717, 1.165) is 18.4 Å². The number of rotatable bonds is 7. The highest BCUT2D eigenvalue weighted by Gasteiger charge is 2.34. The average Bonchev–Trinajstić information content (AvgIpc) is 3.02. The van der Waals surface area contributed by atoms with Crippen LogP contribution < -0.4 is 5.73 Å². The summed E-state index contributed by atoms with van der Waals surface area (Å²) in [4.78, 5) is 4.56. The second kappa shape index (κ2) is 6.83. The van der Waals surface area contributed by atoms with Gasteiger partial charge >= 0.3 is 0 Å². The molecule has 0 amide bonds. The molecule has 2 aromatic rings. The Labute approximate surface area is 125 Å². The van der Waals surface area contributed by atoms with E-state index in [1.807, 2.05) is 30.3 Å². The van der Waals surface area contributed by atoms with Gasteiger partial charge in [-0.05, 0) is 18.4 Å². The Bertz CT molecular complexity index is 541. The minimum absolute atomic E-state index is 0.0873. The Morgan fingerprint density at radius 3 is 2.43 bits per heavy atom. The first-order valence-corrected chi connectivity index (χ1v) is 7.35. The van der Waals surface area contributed by atoms with Crippen molar-refractivity contribution in [1.29, 1.82) is 0 Å². The molecule has 0 saturated heterocycles. The molecule has 0 saturated carbocycles. The third kappa shape index (κ3) is 2.99. The van der Waals surface area contributed by atoms with Gasteiger partial charge in [-0.25, -0.2) is 0 Å². The Morgan fingerprint density at radius 2 is 1.90 bits per heavy atom. The van der Waals surface area contributed by atoms with Crippen LogP contribution in [0.2, 0.25) is 0 Å². The van der Waals surface area contributed by atoms with E-state index >= 15 is 0 Å². The van der Waals surface area contributed by atoms with Crippen molar-refractivity contribution in [3.05, 3.63) is 47.6 Å². The molecule has 1 aromatic carbocycles. The maximum atomic E-state index is 5.89. The summed E-state index contributed by atoms with van der Waals surface area (Å²) in [5, 5.41) is 4.13. The number of ether oxygens (including phenoxy) is 1. The number of methoxy groups -OCH3 is 1. The molecular weight excluding hydrogens is 266 g/mol. The summed E-state index contributed by atoms with van der Waals surface area (Å²) in [6.45, 7) is 4.53. The predicted molar refractivity (Wildman–Crippen MR) is 80.9 cm³/mol. The molecule has 0 aliphatic heterocycles. The fraction of sp³-hybridized carbons (Fsp3) is 0.500. The number of benzene rings is 1. The van der Waals surface area contributed by atoms with Crippen LogP contribution in [0.25, 0.3) is 0 Å². The lowest BCUT2D eigenvalue weighted by Gasteiger charge is -2.26. The Morgan fingerprint density at radius 1 is 1.24 bits per heavy atom. The monoisotopic (exact) mass is 289 g/mol. The second-order valence-electron chi connectivity index (χ2n) is 5.06. The van der Waals surface area contributed by atoms with Crippen molar-refractivity contribution >= 4 is 0 Å². The first-order chi connectivity index (χ1) is 10.2. The van der Waals surface area contributed by atoms with Gasteiger partial charge in [0.2, 0.25) is 11.7 Å². The van der Waals surface area contributed by atoms with Crippen LogP contribution in [0.5, 0.6) is 0 Å². The largest absolute Gasteiger partial charge is 0.370 e. The van der Waals surface area contributed by atoms with Crippen LogP contribution in [-0.4, -0.2) is 23.8 Å². The van der Waals surface area contributed by atoms with Crippen molar-refractivity contribution in [2.75, 3.05) is 13.7 Å². The van der Waals surface area contributed by atoms with Crippen molar-refractivity contribution in [2.45, 2.75) is 38.2 Å². The molecule has 5 nitrogen and oxygen atoms in total. The first kappa shape index (κ1) is 15.7. The molecule has 0 fully saturated rings. The van der Waals surface area contributed by atoms with Gasteiger partial charge in [0.1, 0.15) is 5.60 Å². The van der Waals surface area contributed by atoms with Crippen molar-refractivity contribution in [3.8, 4) is 0 Å². The van der Waals surface area contributed by atoms with E-state index in [0.29, 0.717) is 18.3 Å². The lowest BCUT2D eigenvalue weighted by atomic mass is 9.96. The molecule has 1 unspecified atom stereocenters. The third-order valence-corrected chi connectivity index (χ3v) is 4.12. The van der Waals surface area contributed by atoms with E-state index < -0.39 is 5.60 Å². The van der Waals surface area contributed by atoms with Gasteiger partial charge in [-0.2, -0.15) is 4.98 Å². The fourth-order valence-electron chi connectivity index (χ4n) is 2.57. The van der Waals surface area contributed by atoms with Gasteiger partial charge in [0.05, 0.1) is 5.92 Å². The Balaban J connectivity index is 2.34. The molecule has 0 bridgehead atoms. The summed E-state index contributed by atoms with van der Waals surface area (Å²) in [6, 6.07) is 9.97. The Hall–Kier alpha value is -1.72. The number of nitrogens with two attached hydrogens (primary N) is 1. The normalized spacial score (nSPS) is 13.3. The fourth-order valence-corrected chi connectivity index (χ4v) is 2.57. The molecule has 5 heteroatoms. The van der Waals surface area contributed by atoms with Gasteiger partial charge in [-0.1, -0.05) is 49.3 Å². The lowest BCUT2D eigenvalue weighted by molar-refractivity contribution is -0.0306. The topological polar surface area (TPSA) is 74.2 Å². The average molecular weight is 289 g/mol. The van der Waals surface area contributed by atoms with Gasteiger partial charge in [-0.3, -0.25) is 0 Å². The second-order valence-corrected chi connectivity index (χ2v) is 5.06. The zero-order valence-electron chi connectivity index (χ0n) is 12.9. The summed E-state index contributed by atoms with van der Waals surface area (Å²) in [6.07, 6.45) is 1.58. The van der Waals surface area contributed by atoms with Crippen LogP contribution in [-0.2, 0) is 10.3 Å². The van der Waals surface area contributed by atoms with E-state index in [1.165, 1.54) is 0 Å². The highest BCUT2D eigenvalue weighted by molar-refractivity contribution is 5.25. The SMILES string of the molecule is CCC(CC)(OC)c1noc(C(CN)c2ccccc2)n1. The molecule has 1 aromatic heterocycles. The molecule has 114 valence electrons. The summed E-state index contributed by atoms with van der Waals surface area (Å²) in [5.41, 5.74) is 6.48. The highest BCUT2D eigenvalue weighted by Crippen LogP contribution is 2.32. The lowest BCUT2D eigenvalue weighted by Crippen LogP contribution is -2.28. The molecule has 2 N–H and O–H groups in total. The maximum absolute atomic E-state index is 5.89. The molecule has 1 heterocycles. The summed E-state index contributed by atoms with van der Waals surface area (Å²) < 4.78 is 11.1. The van der Waals surface area contributed by atoms with Crippen molar-refractivity contribution < 1.29 is 9.26 Å². The molecular formula is C16H23N3O2. The van der Waals surface area contributed by atoms with E-state index in [1.54, 1.807) is 7.11 Å².